The maximum absolute atomic E-state index is 12.0. The minimum Gasteiger partial charge on any atom is -0.289 e. The summed E-state index contributed by atoms with van der Waals surface area (Å²) in [7, 11) is 0. The first-order chi connectivity index (χ1) is 14.6. The minimum absolute atomic E-state index is 0. The Balaban J connectivity index is 0.000000330. The van der Waals surface area contributed by atoms with Crippen molar-refractivity contribution in [1.29, 1.82) is 0 Å². The van der Waals surface area contributed by atoms with Gasteiger partial charge in [-0.05, 0) is 36.4 Å². The summed E-state index contributed by atoms with van der Waals surface area (Å²) in [5.41, 5.74) is 3.62. The van der Waals surface area contributed by atoms with Crippen LogP contribution >= 0.6 is 0 Å². The summed E-state index contributed by atoms with van der Waals surface area (Å²) < 4.78 is 69.4. The SMILES string of the molecule is O=C(CF)C(F)(F)C(=O)C(F)(F)F.[Eu].c1ccc(-c2cccnc2-c2ccccn2)nc1. The summed E-state index contributed by atoms with van der Waals surface area (Å²) in [6, 6.07) is 15.6. The fourth-order valence-electron chi connectivity index (χ4n) is 2.23. The Morgan fingerprint density at radius 1 is 0.750 bits per heavy atom. The number of rotatable bonds is 5. The first-order valence-corrected chi connectivity index (χ1v) is 8.45. The van der Waals surface area contributed by atoms with Crippen molar-refractivity contribution in [1.82, 2.24) is 15.0 Å². The number of halogens is 6. The van der Waals surface area contributed by atoms with E-state index in [0.717, 1.165) is 22.6 Å². The van der Waals surface area contributed by atoms with Gasteiger partial charge in [0.2, 0.25) is 5.78 Å². The molecule has 0 bridgehead atoms. The molecule has 0 aliphatic carbocycles. The molecule has 0 aromatic carbocycles. The molecule has 32 heavy (non-hydrogen) atoms. The van der Waals surface area contributed by atoms with Gasteiger partial charge >= 0.3 is 17.9 Å². The minimum atomic E-state index is -5.85. The van der Waals surface area contributed by atoms with Crippen LogP contribution in [0, 0.1) is 49.4 Å². The van der Waals surface area contributed by atoms with Crippen molar-refractivity contribution < 1.29 is 85.3 Å². The Morgan fingerprint density at radius 3 is 1.75 bits per heavy atom. The monoisotopic (exact) mass is 594 g/mol. The van der Waals surface area contributed by atoms with Crippen molar-refractivity contribution in [2.75, 3.05) is 6.67 Å². The van der Waals surface area contributed by atoms with Gasteiger partial charge in [0.1, 0.15) is 0 Å². The van der Waals surface area contributed by atoms with E-state index < -0.39 is 30.3 Å². The largest absolute Gasteiger partial charge is 0.456 e. The molecule has 0 aliphatic rings. The molecule has 0 unspecified atom stereocenters. The fourth-order valence-corrected chi connectivity index (χ4v) is 2.23. The summed E-state index contributed by atoms with van der Waals surface area (Å²) in [6.45, 7) is -2.32. The zero-order valence-corrected chi connectivity index (χ0v) is 18.3. The molecule has 0 saturated carbocycles. The van der Waals surface area contributed by atoms with Gasteiger partial charge in [0.25, 0.3) is 0 Å². The zero-order chi connectivity index (χ0) is 23.1. The first-order valence-electron chi connectivity index (χ1n) is 8.45. The Bertz CT molecular complexity index is 976. The number of alkyl halides is 6. The van der Waals surface area contributed by atoms with E-state index in [-0.39, 0.29) is 49.4 Å². The molecule has 0 N–H and O–H groups in total. The third-order valence-corrected chi connectivity index (χ3v) is 3.67. The number of aromatic nitrogens is 3. The van der Waals surface area contributed by atoms with E-state index in [1.54, 1.807) is 18.6 Å². The normalized spacial score (nSPS) is 10.9. The van der Waals surface area contributed by atoms with Gasteiger partial charge < -0.3 is 0 Å². The van der Waals surface area contributed by atoms with Crippen LogP contribution in [0.2, 0.25) is 0 Å². The smallest absolute Gasteiger partial charge is 0.289 e. The van der Waals surface area contributed by atoms with Crippen molar-refractivity contribution in [2.45, 2.75) is 12.1 Å². The summed E-state index contributed by atoms with van der Waals surface area (Å²) in [5.74, 6) is -11.6. The molecule has 0 atom stereocenters. The average molecular weight is 593 g/mol. The second-order valence-corrected chi connectivity index (χ2v) is 5.79. The fraction of sp³-hybridized carbons (Fsp3) is 0.150. The molecule has 3 aromatic heterocycles. The number of hydrogen-bond donors (Lipinski definition) is 0. The van der Waals surface area contributed by atoms with Crippen LogP contribution in [-0.4, -0.2) is 45.3 Å². The molecule has 5 nitrogen and oxygen atoms in total. The third-order valence-electron chi connectivity index (χ3n) is 3.67. The standard InChI is InChI=1S/C15H11N3.C5H2F6O2.Eu/c1-3-9-16-13(7-1)12-6-5-11-18-15(12)14-8-2-4-10-17-14;6-1-2(12)4(7,8)3(13)5(9,10)11;/h1-11H;1H2;. The van der Waals surface area contributed by atoms with Gasteiger partial charge in [-0.2, -0.15) is 22.0 Å². The Hall–Kier alpha value is -2.05. The number of carbonyl (C=O) groups is 2. The Kier molecular flexibility index (Phi) is 10.7. The number of carbonyl (C=O) groups excluding carboxylic acids is 2. The van der Waals surface area contributed by atoms with Crippen molar-refractivity contribution in [3.05, 3.63) is 67.1 Å². The van der Waals surface area contributed by atoms with Crippen LogP contribution in [0.4, 0.5) is 26.3 Å². The molecule has 1 radical (unpaired) electrons. The van der Waals surface area contributed by atoms with Crippen molar-refractivity contribution in [3.63, 3.8) is 0 Å². The Morgan fingerprint density at radius 2 is 1.28 bits per heavy atom. The molecule has 3 heterocycles. The molecular formula is C20H13EuF6N3O2. The van der Waals surface area contributed by atoms with Crippen LogP contribution in [0.25, 0.3) is 22.6 Å². The molecule has 0 saturated heterocycles. The Labute approximate surface area is 218 Å². The van der Waals surface area contributed by atoms with Gasteiger partial charge in [-0.3, -0.25) is 24.5 Å². The van der Waals surface area contributed by atoms with Crippen LogP contribution in [-0.2, 0) is 9.59 Å². The number of hydrogen-bond acceptors (Lipinski definition) is 5. The molecule has 0 amide bonds. The van der Waals surface area contributed by atoms with Crippen molar-refractivity contribution in [2.24, 2.45) is 0 Å². The van der Waals surface area contributed by atoms with Gasteiger partial charge in [-0.25, -0.2) is 4.39 Å². The maximum atomic E-state index is 12.0. The van der Waals surface area contributed by atoms with Crippen LogP contribution in [0.3, 0.4) is 0 Å². The maximum Gasteiger partial charge on any atom is 0.456 e. The number of ketones is 2. The van der Waals surface area contributed by atoms with E-state index in [2.05, 4.69) is 15.0 Å². The summed E-state index contributed by atoms with van der Waals surface area (Å²) in [6.07, 6.45) is -0.526. The van der Waals surface area contributed by atoms with Gasteiger partial charge in [-0.15, -0.1) is 0 Å². The van der Waals surface area contributed by atoms with Crippen LogP contribution < -0.4 is 0 Å². The predicted molar refractivity (Wildman–Crippen MR) is 97.7 cm³/mol. The summed E-state index contributed by atoms with van der Waals surface area (Å²) in [5, 5.41) is 0. The van der Waals surface area contributed by atoms with E-state index in [1.165, 1.54) is 0 Å². The zero-order valence-electron chi connectivity index (χ0n) is 15.9. The van der Waals surface area contributed by atoms with E-state index in [0.29, 0.717) is 0 Å². The molecule has 3 aromatic rings. The third kappa shape index (κ3) is 7.24. The van der Waals surface area contributed by atoms with E-state index in [9.17, 15) is 35.9 Å². The van der Waals surface area contributed by atoms with Gasteiger partial charge in [-0.1, -0.05) is 12.1 Å². The molecule has 0 fully saturated rings. The van der Waals surface area contributed by atoms with Gasteiger partial charge in [0, 0.05) is 73.5 Å². The molecule has 169 valence electrons. The topological polar surface area (TPSA) is 72.8 Å². The number of Topliss-reactive ketones (excluding diaryl/α,β-unsaturated/α-hetero) is 2. The average Bonchev–Trinajstić information content (AvgIpc) is 2.79. The molecule has 3 rings (SSSR count). The van der Waals surface area contributed by atoms with E-state index >= 15 is 0 Å². The number of pyridine rings is 3. The number of nitrogens with zero attached hydrogens (tertiary/aromatic N) is 3. The first kappa shape index (κ1) is 28.0. The predicted octanol–water partition coefficient (Wildman–Crippen LogP) is 4.50. The molecule has 12 heteroatoms. The molecule has 0 spiro atoms. The molecular weight excluding hydrogens is 580 g/mol. The van der Waals surface area contributed by atoms with Gasteiger partial charge in [0.05, 0.1) is 17.1 Å². The van der Waals surface area contributed by atoms with Crippen molar-refractivity contribution >= 4 is 11.6 Å². The molecule has 0 aliphatic heterocycles. The second kappa shape index (κ2) is 12.3. The summed E-state index contributed by atoms with van der Waals surface area (Å²) >= 11 is 0. The van der Waals surface area contributed by atoms with Crippen LogP contribution in [0.5, 0.6) is 0 Å². The summed E-state index contributed by atoms with van der Waals surface area (Å²) in [4.78, 5) is 32.8. The quantitative estimate of drug-likeness (QED) is 0.322. The van der Waals surface area contributed by atoms with E-state index in [4.69, 9.17) is 0 Å². The van der Waals surface area contributed by atoms with Crippen molar-refractivity contribution in [3.8, 4) is 22.6 Å². The second-order valence-electron chi connectivity index (χ2n) is 5.79. The van der Waals surface area contributed by atoms with Crippen LogP contribution in [0.1, 0.15) is 0 Å². The van der Waals surface area contributed by atoms with E-state index in [1.807, 2.05) is 48.5 Å². The van der Waals surface area contributed by atoms with Gasteiger partial charge in [0.15, 0.2) is 6.67 Å². The van der Waals surface area contributed by atoms with Crippen LogP contribution in [0.15, 0.2) is 67.1 Å².